The van der Waals surface area contributed by atoms with Crippen LogP contribution in [0.15, 0.2) is 18.2 Å². The van der Waals surface area contributed by atoms with Crippen LogP contribution in [0.3, 0.4) is 0 Å². The summed E-state index contributed by atoms with van der Waals surface area (Å²) in [7, 11) is 0. The molecule has 2 rings (SSSR count). The minimum Gasteiger partial charge on any atom is -0.454 e. The number of carbonyl (C=O) groups excluding carboxylic acids is 3. The molecule has 0 aliphatic heterocycles. The zero-order valence-electron chi connectivity index (χ0n) is 16.5. The number of aryl methyl sites for hydroxylation is 2. The number of hydrogen-bond donors (Lipinski definition) is 1. The monoisotopic (exact) mass is 374 g/mol. The van der Waals surface area contributed by atoms with Gasteiger partial charge in [-0.05, 0) is 56.9 Å². The maximum absolute atomic E-state index is 12.4. The van der Waals surface area contributed by atoms with Crippen molar-refractivity contribution in [2.24, 2.45) is 0 Å². The SMILES string of the molecule is CCN(C(=O)COC(=O)CNC(=O)c1ccc(C)c(C)c1)C1CCCCC1. The first kappa shape index (κ1) is 20.9. The predicted octanol–water partition coefficient (Wildman–Crippen LogP) is 2.76. The lowest BCUT2D eigenvalue weighted by molar-refractivity contribution is -0.152. The summed E-state index contributed by atoms with van der Waals surface area (Å²) in [4.78, 5) is 38.2. The predicted molar refractivity (Wildman–Crippen MR) is 103 cm³/mol. The smallest absolute Gasteiger partial charge is 0.325 e. The van der Waals surface area contributed by atoms with Crippen LogP contribution in [0.4, 0.5) is 0 Å². The van der Waals surface area contributed by atoms with E-state index in [2.05, 4.69) is 5.32 Å². The first-order chi connectivity index (χ1) is 12.9. The van der Waals surface area contributed by atoms with Crippen LogP contribution in [-0.4, -0.2) is 48.4 Å². The number of carbonyl (C=O) groups is 3. The van der Waals surface area contributed by atoms with Crippen molar-refractivity contribution in [3.05, 3.63) is 34.9 Å². The quantitative estimate of drug-likeness (QED) is 0.745. The zero-order chi connectivity index (χ0) is 19.8. The second-order valence-electron chi connectivity index (χ2n) is 7.11. The van der Waals surface area contributed by atoms with Crippen LogP contribution in [0.5, 0.6) is 0 Å². The van der Waals surface area contributed by atoms with Crippen molar-refractivity contribution in [1.82, 2.24) is 10.2 Å². The molecule has 0 unspecified atom stereocenters. The molecule has 0 atom stereocenters. The number of amides is 2. The van der Waals surface area contributed by atoms with Gasteiger partial charge < -0.3 is 15.0 Å². The third-order valence-corrected chi connectivity index (χ3v) is 5.20. The molecule has 0 aromatic heterocycles. The van der Waals surface area contributed by atoms with Crippen LogP contribution < -0.4 is 5.32 Å². The van der Waals surface area contributed by atoms with Crippen molar-refractivity contribution in [3.63, 3.8) is 0 Å². The summed E-state index contributed by atoms with van der Waals surface area (Å²) in [5.41, 5.74) is 2.61. The highest BCUT2D eigenvalue weighted by atomic mass is 16.5. The Morgan fingerprint density at radius 3 is 2.44 bits per heavy atom. The first-order valence-corrected chi connectivity index (χ1v) is 9.73. The highest BCUT2D eigenvalue weighted by Gasteiger charge is 2.24. The molecule has 0 bridgehead atoms. The van der Waals surface area contributed by atoms with Crippen LogP contribution in [0, 0.1) is 13.8 Å². The van der Waals surface area contributed by atoms with Crippen molar-refractivity contribution in [2.75, 3.05) is 19.7 Å². The molecule has 0 spiro atoms. The van der Waals surface area contributed by atoms with Gasteiger partial charge >= 0.3 is 5.97 Å². The lowest BCUT2D eigenvalue weighted by Gasteiger charge is -2.33. The molecule has 1 aliphatic carbocycles. The third-order valence-electron chi connectivity index (χ3n) is 5.20. The van der Waals surface area contributed by atoms with Gasteiger partial charge in [0, 0.05) is 18.2 Å². The molecule has 0 saturated heterocycles. The van der Waals surface area contributed by atoms with Crippen molar-refractivity contribution >= 4 is 17.8 Å². The number of likely N-dealkylation sites (N-methyl/N-ethyl adjacent to an activating group) is 1. The molecule has 1 saturated carbocycles. The van der Waals surface area contributed by atoms with E-state index in [1.807, 2.05) is 26.8 Å². The summed E-state index contributed by atoms with van der Waals surface area (Å²) >= 11 is 0. The fraction of sp³-hybridized carbons (Fsp3) is 0.571. The molecule has 6 heteroatoms. The van der Waals surface area contributed by atoms with Gasteiger partial charge in [0.2, 0.25) is 0 Å². The fourth-order valence-electron chi connectivity index (χ4n) is 3.44. The molecule has 1 aromatic rings. The van der Waals surface area contributed by atoms with Gasteiger partial charge in [0.1, 0.15) is 6.54 Å². The van der Waals surface area contributed by atoms with E-state index in [1.54, 1.807) is 17.0 Å². The molecular formula is C21H30N2O4. The second-order valence-corrected chi connectivity index (χ2v) is 7.11. The highest BCUT2D eigenvalue weighted by Crippen LogP contribution is 2.22. The van der Waals surface area contributed by atoms with Crippen molar-refractivity contribution < 1.29 is 19.1 Å². The second kappa shape index (κ2) is 10.1. The van der Waals surface area contributed by atoms with Gasteiger partial charge in [-0.25, -0.2) is 0 Å². The molecule has 1 aromatic carbocycles. The first-order valence-electron chi connectivity index (χ1n) is 9.73. The number of nitrogens with zero attached hydrogens (tertiary/aromatic N) is 1. The number of esters is 1. The van der Waals surface area contributed by atoms with Crippen LogP contribution in [0.25, 0.3) is 0 Å². The average molecular weight is 374 g/mol. The Morgan fingerprint density at radius 1 is 1.11 bits per heavy atom. The maximum atomic E-state index is 12.4. The average Bonchev–Trinajstić information content (AvgIpc) is 2.68. The standard InChI is InChI=1S/C21H30N2O4/c1-4-23(18-8-6-5-7-9-18)19(24)14-27-20(25)13-22-21(26)17-11-10-15(2)16(3)12-17/h10-12,18H,4-9,13-14H2,1-3H3,(H,22,26). The molecule has 0 radical (unpaired) electrons. The third kappa shape index (κ3) is 6.08. The van der Waals surface area contributed by atoms with Crippen molar-refractivity contribution in [2.45, 2.75) is 58.9 Å². The lowest BCUT2D eigenvalue weighted by Crippen LogP contribution is -2.43. The molecule has 1 aliphatic rings. The van der Waals surface area contributed by atoms with E-state index in [4.69, 9.17) is 4.74 Å². The normalized spacial score (nSPS) is 14.5. The molecule has 27 heavy (non-hydrogen) atoms. The van der Waals surface area contributed by atoms with Gasteiger partial charge in [0.05, 0.1) is 0 Å². The summed E-state index contributed by atoms with van der Waals surface area (Å²) in [5, 5.41) is 2.54. The summed E-state index contributed by atoms with van der Waals surface area (Å²) in [6.07, 6.45) is 5.52. The molecular weight excluding hydrogens is 344 g/mol. The van der Waals surface area contributed by atoms with Crippen LogP contribution >= 0.6 is 0 Å². The van der Waals surface area contributed by atoms with Crippen molar-refractivity contribution in [3.8, 4) is 0 Å². The fourth-order valence-corrected chi connectivity index (χ4v) is 3.44. The number of ether oxygens (including phenoxy) is 1. The number of nitrogens with one attached hydrogen (secondary N) is 1. The van der Waals surface area contributed by atoms with Gasteiger partial charge in [-0.3, -0.25) is 14.4 Å². The summed E-state index contributed by atoms with van der Waals surface area (Å²) < 4.78 is 5.06. The maximum Gasteiger partial charge on any atom is 0.325 e. The molecule has 148 valence electrons. The number of rotatable bonds is 7. The molecule has 0 heterocycles. The molecule has 1 fully saturated rings. The molecule has 2 amide bonds. The number of hydrogen-bond acceptors (Lipinski definition) is 4. The Balaban J connectivity index is 1.76. The van der Waals surface area contributed by atoms with E-state index in [0.29, 0.717) is 12.1 Å². The zero-order valence-corrected chi connectivity index (χ0v) is 16.5. The van der Waals surface area contributed by atoms with Gasteiger partial charge in [-0.1, -0.05) is 25.3 Å². The minimum atomic E-state index is -0.611. The summed E-state index contributed by atoms with van der Waals surface area (Å²) in [5.74, 6) is -1.11. The Bertz CT molecular complexity index is 681. The van der Waals surface area contributed by atoms with E-state index in [0.717, 1.165) is 36.8 Å². The van der Waals surface area contributed by atoms with Gasteiger partial charge in [-0.15, -0.1) is 0 Å². The summed E-state index contributed by atoms with van der Waals surface area (Å²) in [6.45, 7) is 5.93. The Kier molecular flexibility index (Phi) is 7.82. The van der Waals surface area contributed by atoms with E-state index in [1.165, 1.54) is 6.42 Å². The van der Waals surface area contributed by atoms with E-state index < -0.39 is 5.97 Å². The number of benzene rings is 1. The van der Waals surface area contributed by atoms with Gasteiger partial charge in [0.25, 0.3) is 11.8 Å². The minimum absolute atomic E-state index is 0.168. The Morgan fingerprint density at radius 2 is 1.81 bits per heavy atom. The Hall–Kier alpha value is -2.37. The lowest BCUT2D eigenvalue weighted by atomic mass is 9.94. The van der Waals surface area contributed by atoms with Gasteiger partial charge in [-0.2, -0.15) is 0 Å². The van der Waals surface area contributed by atoms with Crippen LogP contribution in [0.1, 0.15) is 60.5 Å². The largest absolute Gasteiger partial charge is 0.454 e. The van der Waals surface area contributed by atoms with Crippen LogP contribution in [-0.2, 0) is 14.3 Å². The van der Waals surface area contributed by atoms with Gasteiger partial charge in [0.15, 0.2) is 6.61 Å². The van der Waals surface area contributed by atoms with E-state index in [9.17, 15) is 14.4 Å². The molecule has 1 N–H and O–H groups in total. The van der Waals surface area contributed by atoms with Crippen molar-refractivity contribution in [1.29, 1.82) is 0 Å². The van der Waals surface area contributed by atoms with E-state index >= 15 is 0 Å². The Labute approximate surface area is 161 Å². The topological polar surface area (TPSA) is 75.7 Å². The van der Waals surface area contributed by atoms with E-state index in [-0.39, 0.29) is 31.0 Å². The molecule has 6 nitrogen and oxygen atoms in total. The highest BCUT2D eigenvalue weighted by molar-refractivity contribution is 5.96. The van der Waals surface area contributed by atoms with Crippen LogP contribution in [0.2, 0.25) is 0 Å². The summed E-state index contributed by atoms with van der Waals surface area (Å²) in [6, 6.07) is 5.62.